The van der Waals surface area contributed by atoms with Crippen LogP contribution in [-0.2, 0) is 0 Å². The van der Waals surface area contributed by atoms with Crippen LogP contribution in [0, 0.1) is 0 Å². The predicted molar refractivity (Wildman–Crippen MR) is 301 cm³/mol. The first-order chi connectivity index (χ1) is 35.2. The smallest absolute Gasteiger partial charge is 0.336 e. The van der Waals surface area contributed by atoms with Gasteiger partial charge in [-0.1, -0.05) is 212 Å². The van der Waals surface area contributed by atoms with Gasteiger partial charge in [0.15, 0.2) is 8.07 Å². The second-order valence-electron chi connectivity index (χ2n) is 18.8. The number of nitrogens with zero attached hydrogens (tertiary/aromatic N) is 2. The molecule has 0 bridgehead atoms. The fourth-order valence-corrected chi connectivity index (χ4v) is 16.7. The van der Waals surface area contributed by atoms with E-state index in [4.69, 9.17) is 4.74 Å². The van der Waals surface area contributed by atoms with Gasteiger partial charge >= 0.3 is 6.85 Å². The molecule has 0 aliphatic carbocycles. The number of hydrogen-bond donors (Lipinski definition) is 0. The highest BCUT2D eigenvalue weighted by Crippen LogP contribution is 2.47. The van der Waals surface area contributed by atoms with E-state index in [1.807, 2.05) is 0 Å². The zero-order valence-electron chi connectivity index (χ0n) is 38.9. The largest absolute Gasteiger partial charge is 0.458 e. The van der Waals surface area contributed by atoms with Gasteiger partial charge in [-0.3, -0.25) is 0 Å². The third kappa shape index (κ3) is 6.51. The Morgan fingerprint density at radius 1 is 0.338 bits per heavy atom. The van der Waals surface area contributed by atoms with E-state index in [0.29, 0.717) is 0 Å². The summed E-state index contributed by atoms with van der Waals surface area (Å²) in [5, 5.41) is 7.90. The van der Waals surface area contributed by atoms with E-state index in [0.717, 1.165) is 56.3 Å². The van der Waals surface area contributed by atoms with Crippen LogP contribution in [0.4, 0.5) is 11.4 Å². The van der Waals surface area contributed by atoms with Crippen molar-refractivity contribution in [2.24, 2.45) is 0 Å². The first-order valence-corrected chi connectivity index (χ1v) is 26.5. The molecule has 3 heterocycles. The quantitative estimate of drug-likeness (QED) is 0.112. The Morgan fingerprint density at radius 2 is 0.859 bits per heavy atom. The van der Waals surface area contributed by atoms with Crippen LogP contribution in [0.15, 0.2) is 273 Å². The van der Waals surface area contributed by atoms with Gasteiger partial charge in [0.05, 0.1) is 11.0 Å². The summed E-state index contributed by atoms with van der Waals surface area (Å²) in [6.45, 7) is -0.131. The van der Waals surface area contributed by atoms with E-state index in [9.17, 15) is 0 Å². The molecule has 2 aliphatic heterocycles. The minimum absolute atomic E-state index is 0.131. The molecule has 71 heavy (non-hydrogen) atoms. The van der Waals surface area contributed by atoms with Gasteiger partial charge in [-0.2, -0.15) is 0 Å². The standard InChI is InChI=1S/C66H45BN2OSi/c1-5-23-50(24-6-1)69-63-44-48(46-21-19-25-51(41-46)68-61-36-16-13-33-56(61)57-34-14-17-37-62(57)68)39-40-58(63)59-43-49(45-65-66(59)67(69)60-35-15-18-38-64(60)70-65)47-22-20-32-55(42-47)71(52-26-7-2-8-27-52,53-28-9-3-10-29-53)54-30-11-4-12-31-54/h1-45H. The molecule has 0 atom stereocenters. The molecule has 0 spiro atoms. The van der Waals surface area contributed by atoms with E-state index < -0.39 is 8.07 Å². The lowest BCUT2D eigenvalue weighted by molar-refractivity contribution is 0.487. The Hall–Kier alpha value is -8.90. The van der Waals surface area contributed by atoms with Crippen molar-refractivity contribution in [3.8, 4) is 50.6 Å². The van der Waals surface area contributed by atoms with Gasteiger partial charge in [0.1, 0.15) is 11.5 Å². The summed E-state index contributed by atoms with van der Waals surface area (Å²) in [4.78, 5) is 2.54. The zero-order valence-corrected chi connectivity index (χ0v) is 39.9. The number of aromatic nitrogens is 1. The van der Waals surface area contributed by atoms with Gasteiger partial charge in [0, 0.05) is 38.9 Å². The molecule has 332 valence electrons. The molecule has 0 amide bonds. The summed E-state index contributed by atoms with van der Waals surface area (Å²) in [6.07, 6.45) is 0. The summed E-state index contributed by atoms with van der Waals surface area (Å²) >= 11 is 0. The Kier molecular flexibility index (Phi) is 9.65. The maximum atomic E-state index is 7.07. The molecule has 0 saturated heterocycles. The minimum Gasteiger partial charge on any atom is -0.458 e. The third-order valence-electron chi connectivity index (χ3n) is 15.0. The van der Waals surface area contributed by atoms with E-state index in [2.05, 4.69) is 282 Å². The highest BCUT2D eigenvalue weighted by Gasteiger charge is 2.45. The highest BCUT2D eigenvalue weighted by atomic mass is 28.3. The summed E-state index contributed by atoms with van der Waals surface area (Å²) < 4.78 is 9.48. The van der Waals surface area contributed by atoms with Gasteiger partial charge in [-0.25, -0.2) is 0 Å². The maximum absolute atomic E-state index is 7.07. The average molecular weight is 921 g/mol. The molecule has 14 rings (SSSR count). The molecule has 0 fully saturated rings. The summed E-state index contributed by atoms with van der Waals surface area (Å²) in [7, 11) is -2.79. The number of rotatable bonds is 8. The predicted octanol–water partition coefficient (Wildman–Crippen LogP) is 12.5. The lowest BCUT2D eigenvalue weighted by Crippen LogP contribution is -2.74. The Morgan fingerprint density at radius 3 is 1.52 bits per heavy atom. The Balaban J connectivity index is 0.976. The number of benzene rings is 11. The van der Waals surface area contributed by atoms with Crippen LogP contribution in [0.2, 0.25) is 0 Å². The van der Waals surface area contributed by atoms with Crippen molar-refractivity contribution in [2.45, 2.75) is 0 Å². The molecule has 2 aliphatic rings. The average Bonchev–Trinajstić information content (AvgIpc) is 3.79. The second-order valence-corrected chi connectivity index (χ2v) is 22.6. The molecular weight excluding hydrogens is 876 g/mol. The molecule has 1 aromatic heterocycles. The molecule has 11 aromatic carbocycles. The van der Waals surface area contributed by atoms with Crippen molar-refractivity contribution in [3.63, 3.8) is 0 Å². The molecule has 0 N–H and O–H groups in total. The molecule has 0 unspecified atom stereocenters. The SMILES string of the molecule is c1ccc(N2B3c4ccccc4Oc4cc(-c5cccc([Si](c6ccccc6)(c6ccccc6)c6ccccc6)c5)cc(c43)-c3ccc(-c4cccc(-n5c6ccccc6c6ccccc65)c4)cc32)cc1. The maximum Gasteiger partial charge on any atom is 0.336 e. The number of para-hydroxylation sites is 4. The van der Waals surface area contributed by atoms with Crippen LogP contribution in [0.3, 0.4) is 0 Å². The van der Waals surface area contributed by atoms with Crippen LogP contribution in [-0.4, -0.2) is 19.5 Å². The minimum atomic E-state index is -2.79. The van der Waals surface area contributed by atoms with Crippen molar-refractivity contribution >= 4 is 79.8 Å². The molecule has 12 aromatic rings. The number of fused-ring (bicyclic) bond motifs is 7. The van der Waals surface area contributed by atoms with Crippen LogP contribution in [0.5, 0.6) is 11.5 Å². The summed E-state index contributed by atoms with van der Waals surface area (Å²) in [5.74, 6) is 1.77. The fourth-order valence-electron chi connectivity index (χ4n) is 11.9. The van der Waals surface area contributed by atoms with Gasteiger partial charge in [-0.15, -0.1) is 0 Å². The van der Waals surface area contributed by atoms with Crippen molar-refractivity contribution in [2.75, 3.05) is 4.81 Å². The van der Waals surface area contributed by atoms with E-state index in [1.54, 1.807) is 0 Å². The topological polar surface area (TPSA) is 17.4 Å². The molecule has 3 nitrogen and oxygen atoms in total. The monoisotopic (exact) mass is 920 g/mol. The Bertz CT molecular complexity index is 3840. The first kappa shape index (κ1) is 41.1. The van der Waals surface area contributed by atoms with Gasteiger partial charge in [-0.05, 0) is 115 Å². The second kappa shape index (κ2) is 16.7. The fraction of sp³-hybridized carbons (Fsp3) is 0. The van der Waals surface area contributed by atoms with Gasteiger partial charge in [0.25, 0.3) is 0 Å². The lowest BCUT2D eigenvalue weighted by atomic mass is 9.44. The lowest BCUT2D eigenvalue weighted by Gasteiger charge is -2.42. The number of hydrogen-bond acceptors (Lipinski definition) is 2. The van der Waals surface area contributed by atoms with E-state index >= 15 is 0 Å². The summed E-state index contributed by atoms with van der Waals surface area (Å²) in [5.41, 5.74) is 15.1. The molecule has 0 saturated carbocycles. The zero-order chi connectivity index (χ0) is 46.9. The van der Waals surface area contributed by atoms with Crippen LogP contribution in [0.25, 0.3) is 60.9 Å². The van der Waals surface area contributed by atoms with Crippen LogP contribution < -0.4 is 41.2 Å². The van der Waals surface area contributed by atoms with Crippen LogP contribution >= 0.6 is 0 Å². The van der Waals surface area contributed by atoms with Crippen molar-refractivity contribution < 1.29 is 4.74 Å². The highest BCUT2D eigenvalue weighted by molar-refractivity contribution is 7.20. The van der Waals surface area contributed by atoms with Crippen molar-refractivity contribution in [1.82, 2.24) is 4.57 Å². The van der Waals surface area contributed by atoms with Crippen molar-refractivity contribution in [1.29, 1.82) is 0 Å². The normalized spacial score (nSPS) is 12.6. The molecule has 0 radical (unpaired) electrons. The molecule has 5 heteroatoms. The van der Waals surface area contributed by atoms with E-state index in [-0.39, 0.29) is 6.85 Å². The Labute approximate surface area is 415 Å². The van der Waals surface area contributed by atoms with Crippen LogP contribution in [0.1, 0.15) is 0 Å². The van der Waals surface area contributed by atoms with Crippen molar-refractivity contribution in [3.05, 3.63) is 273 Å². The van der Waals surface area contributed by atoms with Gasteiger partial charge < -0.3 is 14.1 Å². The number of anilines is 2. The third-order valence-corrected chi connectivity index (χ3v) is 19.7. The van der Waals surface area contributed by atoms with Gasteiger partial charge in [0.2, 0.25) is 0 Å². The number of ether oxygens (including phenoxy) is 1. The molecular formula is C66H45BN2OSi. The first-order valence-electron chi connectivity index (χ1n) is 24.5. The van der Waals surface area contributed by atoms with E-state index in [1.165, 1.54) is 59.1 Å². The summed E-state index contributed by atoms with van der Waals surface area (Å²) in [6, 6.07) is 101.